The Morgan fingerprint density at radius 2 is 2.24 bits per heavy atom. The second kappa shape index (κ2) is 6.45. The number of thiocarbonyl (C=S) groups is 1. The summed E-state index contributed by atoms with van der Waals surface area (Å²) in [6, 6.07) is 5.15. The summed E-state index contributed by atoms with van der Waals surface area (Å²) in [5, 5.41) is 4.20. The van der Waals surface area contributed by atoms with Gasteiger partial charge in [-0.15, -0.1) is 0 Å². The van der Waals surface area contributed by atoms with E-state index in [2.05, 4.69) is 10.1 Å². The van der Waals surface area contributed by atoms with Crippen molar-refractivity contribution in [1.82, 2.24) is 14.8 Å². The number of nitrogens with zero attached hydrogens (tertiary/aromatic N) is 4. The lowest BCUT2D eigenvalue weighted by Crippen LogP contribution is -2.26. The van der Waals surface area contributed by atoms with Crippen LogP contribution in [-0.4, -0.2) is 33.3 Å². The molecule has 0 bridgehead atoms. The molecule has 0 saturated carbocycles. The Labute approximate surface area is 128 Å². The van der Waals surface area contributed by atoms with E-state index < -0.39 is 0 Å². The van der Waals surface area contributed by atoms with Gasteiger partial charge in [0.1, 0.15) is 4.99 Å². The third-order valence-corrected chi connectivity index (χ3v) is 3.39. The minimum atomic E-state index is -0.151. The monoisotopic (exact) mass is 303 g/mol. The Kier molecular flexibility index (Phi) is 4.64. The van der Waals surface area contributed by atoms with Crippen LogP contribution in [0.5, 0.6) is 0 Å². The van der Waals surface area contributed by atoms with Gasteiger partial charge < -0.3 is 10.6 Å². The SMILES string of the molecule is CCN(C)c1cnn(Cc2ccnc(C(N)=S)c2)c(=O)c1. The maximum absolute atomic E-state index is 12.1. The Bertz CT molecular complexity index is 713. The third kappa shape index (κ3) is 3.63. The molecule has 0 radical (unpaired) electrons. The van der Waals surface area contributed by atoms with E-state index in [0.29, 0.717) is 12.2 Å². The van der Waals surface area contributed by atoms with Gasteiger partial charge in [0.2, 0.25) is 0 Å². The first-order chi connectivity index (χ1) is 10.0. The molecule has 0 aliphatic carbocycles. The van der Waals surface area contributed by atoms with Crippen molar-refractivity contribution < 1.29 is 0 Å². The largest absolute Gasteiger partial charge is 0.388 e. The average Bonchev–Trinajstić information content (AvgIpc) is 2.48. The van der Waals surface area contributed by atoms with Crippen LogP contribution >= 0.6 is 12.2 Å². The summed E-state index contributed by atoms with van der Waals surface area (Å²) in [5.41, 5.74) is 7.62. The third-order valence-electron chi connectivity index (χ3n) is 3.18. The van der Waals surface area contributed by atoms with Gasteiger partial charge >= 0.3 is 0 Å². The van der Waals surface area contributed by atoms with E-state index in [1.807, 2.05) is 24.9 Å². The van der Waals surface area contributed by atoms with Gasteiger partial charge in [0.15, 0.2) is 0 Å². The van der Waals surface area contributed by atoms with Crippen molar-refractivity contribution in [3.63, 3.8) is 0 Å². The fourth-order valence-electron chi connectivity index (χ4n) is 1.81. The van der Waals surface area contributed by atoms with E-state index in [-0.39, 0.29) is 10.5 Å². The number of rotatable bonds is 5. The molecule has 7 heteroatoms. The molecule has 0 fully saturated rings. The molecule has 6 nitrogen and oxygen atoms in total. The topological polar surface area (TPSA) is 77.0 Å². The lowest BCUT2D eigenvalue weighted by atomic mass is 10.2. The van der Waals surface area contributed by atoms with Crippen molar-refractivity contribution in [2.24, 2.45) is 5.73 Å². The first-order valence-corrected chi connectivity index (χ1v) is 6.95. The van der Waals surface area contributed by atoms with E-state index in [1.54, 1.807) is 24.5 Å². The van der Waals surface area contributed by atoms with E-state index in [0.717, 1.165) is 17.8 Å². The quantitative estimate of drug-likeness (QED) is 0.823. The fraction of sp³-hybridized carbons (Fsp3) is 0.286. The van der Waals surface area contributed by atoms with Gasteiger partial charge in [0, 0.05) is 25.9 Å². The van der Waals surface area contributed by atoms with E-state index in [4.69, 9.17) is 18.0 Å². The predicted molar refractivity (Wildman–Crippen MR) is 86.7 cm³/mol. The zero-order valence-corrected chi connectivity index (χ0v) is 12.8. The fourth-order valence-corrected chi connectivity index (χ4v) is 1.93. The van der Waals surface area contributed by atoms with Crippen LogP contribution in [0.25, 0.3) is 0 Å². The highest BCUT2D eigenvalue weighted by Gasteiger charge is 2.05. The van der Waals surface area contributed by atoms with E-state index in [1.165, 1.54) is 4.68 Å². The molecule has 0 unspecified atom stereocenters. The standard InChI is InChI=1S/C14H17N5OS/c1-3-18(2)11-7-13(20)19(17-8-11)9-10-4-5-16-12(6-10)14(15)21/h4-8H,3,9H2,1-2H3,(H2,15,21). The highest BCUT2D eigenvalue weighted by atomic mass is 32.1. The van der Waals surface area contributed by atoms with Crippen molar-refractivity contribution in [3.05, 3.63) is 52.2 Å². The predicted octanol–water partition coefficient (Wildman–Crippen LogP) is 0.777. The molecule has 2 rings (SSSR count). The summed E-state index contributed by atoms with van der Waals surface area (Å²) >= 11 is 4.90. The van der Waals surface area contributed by atoms with Gasteiger partial charge in [-0.25, -0.2) is 4.68 Å². The molecular formula is C14H17N5OS. The zero-order chi connectivity index (χ0) is 15.4. The van der Waals surface area contributed by atoms with Crippen LogP contribution in [0, 0.1) is 0 Å². The van der Waals surface area contributed by atoms with Crippen LogP contribution in [0.1, 0.15) is 18.2 Å². The van der Waals surface area contributed by atoms with Crippen LogP contribution in [0.15, 0.2) is 35.4 Å². The Balaban J connectivity index is 2.26. The van der Waals surface area contributed by atoms with Crippen LogP contribution in [0.2, 0.25) is 0 Å². The summed E-state index contributed by atoms with van der Waals surface area (Å²) in [6.07, 6.45) is 3.30. The highest BCUT2D eigenvalue weighted by Crippen LogP contribution is 2.07. The van der Waals surface area contributed by atoms with Gasteiger partial charge in [0.25, 0.3) is 5.56 Å². The normalized spacial score (nSPS) is 10.4. The van der Waals surface area contributed by atoms with Crippen molar-refractivity contribution in [1.29, 1.82) is 0 Å². The highest BCUT2D eigenvalue weighted by molar-refractivity contribution is 7.80. The van der Waals surface area contributed by atoms with Crippen LogP contribution < -0.4 is 16.2 Å². The average molecular weight is 303 g/mol. The van der Waals surface area contributed by atoms with Gasteiger partial charge in [-0.2, -0.15) is 5.10 Å². The first-order valence-electron chi connectivity index (χ1n) is 6.54. The molecular weight excluding hydrogens is 286 g/mol. The molecule has 0 spiro atoms. The summed E-state index contributed by atoms with van der Waals surface area (Å²) < 4.78 is 1.39. The first kappa shape index (κ1) is 15.1. The molecule has 110 valence electrons. The second-order valence-electron chi connectivity index (χ2n) is 4.64. The molecule has 0 atom stereocenters. The number of hydrogen-bond donors (Lipinski definition) is 1. The smallest absolute Gasteiger partial charge is 0.269 e. The van der Waals surface area contributed by atoms with Crippen LogP contribution in [0.4, 0.5) is 5.69 Å². The lowest BCUT2D eigenvalue weighted by Gasteiger charge is -2.16. The molecule has 2 heterocycles. The Morgan fingerprint density at radius 1 is 1.48 bits per heavy atom. The molecule has 21 heavy (non-hydrogen) atoms. The number of aromatic nitrogens is 3. The Hall–Kier alpha value is -2.28. The molecule has 2 aromatic rings. The molecule has 0 amide bonds. The lowest BCUT2D eigenvalue weighted by molar-refractivity contribution is 0.637. The summed E-state index contributed by atoms with van der Waals surface area (Å²) in [6.45, 7) is 3.18. The summed E-state index contributed by atoms with van der Waals surface area (Å²) in [4.78, 5) is 18.3. The minimum absolute atomic E-state index is 0.151. The molecule has 0 saturated heterocycles. The maximum atomic E-state index is 12.1. The zero-order valence-electron chi connectivity index (χ0n) is 12.0. The van der Waals surface area contributed by atoms with Gasteiger partial charge in [0.05, 0.1) is 24.1 Å². The van der Waals surface area contributed by atoms with Crippen LogP contribution in [0.3, 0.4) is 0 Å². The molecule has 0 aliphatic heterocycles. The molecule has 2 aromatic heterocycles. The number of hydrogen-bond acceptors (Lipinski definition) is 5. The summed E-state index contributed by atoms with van der Waals surface area (Å²) in [7, 11) is 1.91. The molecule has 2 N–H and O–H groups in total. The maximum Gasteiger partial charge on any atom is 0.269 e. The van der Waals surface area contributed by atoms with Gasteiger partial charge in [-0.05, 0) is 24.6 Å². The summed E-state index contributed by atoms with van der Waals surface area (Å²) in [5.74, 6) is 0. The molecule has 0 aromatic carbocycles. The van der Waals surface area contributed by atoms with Gasteiger partial charge in [-0.3, -0.25) is 9.78 Å². The number of nitrogens with two attached hydrogens (primary N) is 1. The van der Waals surface area contributed by atoms with Crippen LogP contribution in [-0.2, 0) is 6.54 Å². The Morgan fingerprint density at radius 3 is 2.86 bits per heavy atom. The minimum Gasteiger partial charge on any atom is -0.388 e. The van der Waals surface area contributed by atoms with E-state index in [9.17, 15) is 4.79 Å². The van der Waals surface area contributed by atoms with Crippen molar-refractivity contribution in [2.45, 2.75) is 13.5 Å². The number of anilines is 1. The van der Waals surface area contributed by atoms with Crippen molar-refractivity contribution in [2.75, 3.05) is 18.5 Å². The second-order valence-corrected chi connectivity index (χ2v) is 5.08. The van der Waals surface area contributed by atoms with E-state index >= 15 is 0 Å². The van der Waals surface area contributed by atoms with Crippen molar-refractivity contribution in [3.8, 4) is 0 Å². The van der Waals surface area contributed by atoms with Gasteiger partial charge in [-0.1, -0.05) is 12.2 Å². The number of pyridine rings is 1. The van der Waals surface area contributed by atoms with Crippen molar-refractivity contribution >= 4 is 22.9 Å². The molecule has 0 aliphatic rings.